The first-order valence-electron chi connectivity index (χ1n) is 10.2. The first-order valence-corrected chi connectivity index (χ1v) is 10.2. The largest absolute Gasteiger partial charge is 0.394 e. The van der Waals surface area contributed by atoms with E-state index in [0.717, 1.165) is 22.5 Å². The average Bonchev–Trinajstić information content (AvgIpc) is 3.30. The summed E-state index contributed by atoms with van der Waals surface area (Å²) in [7, 11) is 0. The van der Waals surface area contributed by atoms with E-state index in [1.165, 1.54) is 0 Å². The number of rotatable bonds is 7. The molecular weight excluding hydrogens is 388 g/mol. The number of hydrogen-bond donors (Lipinski definition) is 6. The fourth-order valence-corrected chi connectivity index (χ4v) is 3.86. The summed E-state index contributed by atoms with van der Waals surface area (Å²) < 4.78 is 11.1. The monoisotopic (exact) mass is 416 g/mol. The van der Waals surface area contributed by atoms with E-state index >= 15 is 0 Å². The topological polar surface area (TPSA) is 123 Å². The number of ether oxygens (including phenoxy) is 2. The number of aliphatic hydroxyl groups excluding tert-OH is 4. The van der Waals surface area contributed by atoms with Gasteiger partial charge in [-0.25, -0.2) is 0 Å². The zero-order valence-corrected chi connectivity index (χ0v) is 16.5. The summed E-state index contributed by atoms with van der Waals surface area (Å²) >= 11 is 0. The Morgan fingerprint density at radius 2 is 1.03 bits per heavy atom. The smallest absolute Gasteiger partial charge is 0.130 e. The van der Waals surface area contributed by atoms with Crippen molar-refractivity contribution < 1.29 is 29.9 Å². The van der Waals surface area contributed by atoms with Gasteiger partial charge in [-0.3, -0.25) is 0 Å². The van der Waals surface area contributed by atoms with Crippen LogP contribution < -0.4 is 10.6 Å². The minimum absolute atomic E-state index is 0.196. The van der Waals surface area contributed by atoms with Crippen molar-refractivity contribution in [2.75, 3.05) is 23.8 Å². The molecule has 8 heteroatoms. The van der Waals surface area contributed by atoms with Crippen LogP contribution in [0.3, 0.4) is 0 Å². The van der Waals surface area contributed by atoms with Crippen molar-refractivity contribution >= 4 is 11.4 Å². The van der Waals surface area contributed by atoms with Gasteiger partial charge in [0.1, 0.15) is 24.7 Å². The van der Waals surface area contributed by atoms with Gasteiger partial charge in [-0.2, -0.15) is 0 Å². The zero-order chi connectivity index (χ0) is 21.1. The number of benzene rings is 2. The SMILES string of the molecule is OC[C@H]1O[C@H](Nc2ccc(-c3ccc(N[C@@H]4C[C@H](O)[C@@H](CO)O4)cc3)cc2)C[C@@H]1O. The predicted molar refractivity (Wildman–Crippen MR) is 112 cm³/mol. The average molecular weight is 416 g/mol. The van der Waals surface area contributed by atoms with Crippen molar-refractivity contribution in [3.63, 3.8) is 0 Å². The summed E-state index contributed by atoms with van der Waals surface area (Å²) in [6.45, 7) is -0.392. The third-order valence-electron chi connectivity index (χ3n) is 5.57. The van der Waals surface area contributed by atoms with Crippen LogP contribution in [0.25, 0.3) is 11.1 Å². The molecule has 0 bridgehead atoms. The van der Waals surface area contributed by atoms with E-state index < -0.39 is 24.4 Å². The molecule has 2 aromatic rings. The molecule has 4 rings (SSSR count). The van der Waals surface area contributed by atoms with E-state index in [0.29, 0.717) is 12.8 Å². The normalized spacial score (nSPS) is 31.1. The molecule has 162 valence electrons. The molecule has 0 amide bonds. The second-order valence-corrected chi connectivity index (χ2v) is 7.74. The number of aliphatic hydroxyl groups is 4. The molecule has 0 radical (unpaired) electrons. The van der Waals surface area contributed by atoms with Gasteiger partial charge in [0.25, 0.3) is 0 Å². The lowest BCUT2D eigenvalue weighted by Gasteiger charge is -2.16. The van der Waals surface area contributed by atoms with Crippen LogP contribution in [0.2, 0.25) is 0 Å². The summed E-state index contributed by atoms with van der Waals surface area (Å²) in [5.41, 5.74) is 3.87. The van der Waals surface area contributed by atoms with Crippen molar-refractivity contribution in [2.24, 2.45) is 0 Å². The van der Waals surface area contributed by atoms with Gasteiger partial charge in [0.2, 0.25) is 0 Å². The second-order valence-electron chi connectivity index (χ2n) is 7.74. The lowest BCUT2D eigenvalue weighted by atomic mass is 10.0. The van der Waals surface area contributed by atoms with Gasteiger partial charge < -0.3 is 40.5 Å². The molecule has 0 saturated carbocycles. The van der Waals surface area contributed by atoms with Crippen LogP contribution in [0.4, 0.5) is 11.4 Å². The molecule has 6 N–H and O–H groups in total. The maximum atomic E-state index is 9.82. The maximum Gasteiger partial charge on any atom is 0.130 e. The molecule has 0 aromatic heterocycles. The van der Waals surface area contributed by atoms with Gasteiger partial charge in [0.15, 0.2) is 0 Å². The van der Waals surface area contributed by atoms with Crippen LogP contribution in [0.1, 0.15) is 12.8 Å². The predicted octanol–water partition coefficient (Wildman–Crippen LogP) is 1.11. The molecule has 2 aliphatic heterocycles. The third kappa shape index (κ3) is 4.75. The van der Waals surface area contributed by atoms with Crippen molar-refractivity contribution in [3.8, 4) is 11.1 Å². The quantitative estimate of drug-likeness (QED) is 0.397. The molecule has 0 unspecified atom stereocenters. The van der Waals surface area contributed by atoms with Gasteiger partial charge in [0, 0.05) is 24.2 Å². The van der Waals surface area contributed by atoms with Crippen LogP contribution in [-0.2, 0) is 9.47 Å². The van der Waals surface area contributed by atoms with Gasteiger partial charge in [-0.15, -0.1) is 0 Å². The van der Waals surface area contributed by atoms with Gasteiger partial charge in [0.05, 0.1) is 25.4 Å². The van der Waals surface area contributed by atoms with E-state index in [-0.39, 0.29) is 25.7 Å². The fraction of sp³-hybridized carbons (Fsp3) is 0.455. The molecule has 2 aromatic carbocycles. The highest BCUT2D eigenvalue weighted by molar-refractivity contribution is 5.68. The van der Waals surface area contributed by atoms with Gasteiger partial charge in [-0.05, 0) is 35.4 Å². The van der Waals surface area contributed by atoms with Crippen molar-refractivity contribution in [1.82, 2.24) is 0 Å². The Morgan fingerprint density at radius 1 is 0.667 bits per heavy atom. The second kappa shape index (κ2) is 9.30. The van der Waals surface area contributed by atoms with Gasteiger partial charge in [-0.1, -0.05) is 24.3 Å². The van der Waals surface area contributed by atoms with E-state index in [4.69, 9.17) is 9.47 Å². The Labute approximate surface area is 175 Å². The van der Waals surface area contributed by atoms with Crippen LogP contribution in [-0.4, -0.2) is 70.5 Å². The Hall–Kier alpha value is -2.20. The van der Waals surface area contributed by atoms with Crippen molar-refractivity contribution in [3.05, 3.63) is 48.5 Å². The molecular formula is C22H28N2O6. The Kier molecular flexibility index (Phi) is 6.52. The van der Waals surface area contributed by atoms with Gasteiger partial charge >= 0.3 is 0 Å². The first-order chi connectivity index (χ1) is 14.6. The molecule has 2 fully saturated rings. The standard InChI is InChI=1S/C22H28N2O6/c25-11-19-17(27)9-21(29-19)23-15-5-1-13(2-6-15)14-3-7-16(8-4-14)24-22-10-18(28)20(12-26)30-22/h1-8,17-28H,9-12H2/t17-,18-,19+,20+,21-,22-/m0/s1. The van der Waals surface area contributed by atoms with Crippen LogP contribution >= 0.6 is 0 Å². The third-order valence-corrected chi connectivity index (χ3v) is 5.57. The highest BCUT2D eigenvalue weighted by Gasteiger charge is 2.34. The number of hydrogen-bond acceptors (Lipinski definition) is 8. The summed E-state index contributed by atoms with van der Waals surface area (Å²) in [6, 6.07) is 15.8. The van der Waals surface area contributed by atoms with E-state index in [2.05, 4.69) is 10.6 Å². The molecule has 2 heterocycles. The molecule has 30 heavy (non-hydrogen) atoms. The zero-order valence-electron chi connectivity index (χ0n) is 16.5. The summed E-state index contributed by atoms with van der Waals surface area (Å²) in [4.78, 5) is 0. The molecule has 8 nitrogen and oxygen atoms in total. The van der Waals surface area contributed by atoms with E-state index in [1.54, 1.807) is 0 Å². The summed E-state index contributed by atoms with van der Waals surface area (Å²) in [5, 5.41) is 44.4. The molecule has 0 spiro atoms. The van der Waals surface area contributed by atoms with E-state index in [9.17, 15) is 20.4 Å². The fourth-order valence-electron chi connectivity index (χ4n) is 3.86. The lowest BCUT2D eigenvalue weighted by Crippen LogP contribution is -2.25. The highest BCUT2D eigenvalue weighted by Crippen LogP contribution is 2.27. The Bertz CT molecular complexity index is 746. The maximum absolute atomic E-state index is 9.82. The first kappa shape index (κ1) is 21.0. The van der Waals surface area contributed by atoms with Crippen LogP contribution in [0.5, 0.6) is 0 Å². The summed E-state index contributed by atoms with van der Waals surface area (Å²) in [6.07, 6.45) is -2.18. The van der Waals surface area contributed by atoms with Crippen LogP contribution in [0.15, 0.2) is 48.5 Å². The van der Waals surface area contributed by atoms with Crippen LogP contribution in [0, 0.1) is 0 Å². The minimum atomic E-state index is -0.661. The Balaban J connectivity index is 1.33. The number of anilines is 2. The Morgan fingerprint density at radius 3 is 1.33 bits per heavy atom. The summed E-state index contributed by atoms with van der Waals surface area (Å²) in [5.74, 6) is 0. The lowest BCUT2D eigenvalue weighted by molar-refractivity contribution is -0.0149. The molecule has 2 saturated heterocycles. The van der Waals surface area contributed by atoms with Crippen molar-refractivity contribution in [1.29, 1.82) is 0 Å². The molecule has 6 atom stereocenters. The van der Waals surface area contributed by atoms with E-state index in [1.807, 2.05) is 48.5 Å². The molecule has 0 aliphatic carbocycles. The molecule has 2 aliphatic rings. The number of nitrogens with one attached hydrogen (secondary N) is 2. The minimum Gasteiger partial charge on any atom is -0.394 e. The highest BCUT2D eigenvalue weighted by atomic mass is 16.5. The van der Waals surface area contributed by atoms with Crippen molar-refractivity contribution in [2.45, 2.75) is 49.7 Å².